The second-order valence-electron chi connectivity index (χ2n) is 5.00. The van der Waals surface area contributed by atoms with Crippen LogP contribution in [0, 0.1) is 5.92 Å². The van der Waals surface area contributed by atoms with Gasteiger partial charge in [0.1, 0.15) is 0 Å². The van der Waals surface area contributed by atoms with E-state index in [1.165, 1.54) is 38.6 Å². The van der Waals surface area contributed by atoms with Crippen molar-refractivity contribution in [2.75, 3.05) is 19.8 Å². The van der Waals surface area contributed by atoms with Gasteiger partial charge in [-0.1, -0.05) is 13.3 Å². The van der Waals surface area contributed by atoms with Crippen molar-refractivity contribution >= 4 is 0 Å². The van der Waals surface area contributed by atoms with Crippen molar-refractivity contribution in [2.24, 2.45) is 5.92 Å². The van der Waals surface area contributed by atoms with Crippen LogP contribution in [0.25, 0.3) is 0 Å². The Morgan fingerprint density at radius 2 is 2.06 bits per heavy atom. The molecule has 94 valence electrons. The molecule has 0 aliphatic carbocycles. The van der Waals surface area contributed by atoms with Crippen LogP contribution in [0.1, 0.15) is 45.4 Å². The van der Waals surface area contributed by atoms with Crippen LogP contribution in [-0.2, 0) is 9.47 Å². The summed E-state index contributed by atoms with van der Waals surface area (Å²) in [5, 5.41) is 3.64. The molecule has 0 aromatic heterocycles. The van der Waals surface area contributed by atoms with Gasteiger partial charge in [-0.05, 0) is 44.6 Å². The van der Waals surface area contributed by atoms with Gasteiger partial charge in [0, 0.05) is 6.04 Å². The highest BCUT2D eigenvalue weighted by atomic mass is 16.7. The van der Waals surface area contributed by atoms with Gasteiger partial charge in [-0.15, -0.1) is 0 Å². The molecule has 0 aromatic carbocycles. The molecule has 2 saturated heterocycles. The maximum atomic E-state index is 5.50. The molecule has 2 atom stereocenters. The minimum absolute atomic E-state index is 0.0840. The van der Waals surface area contributed by atoms with Gasteiger partial charge in [-0.25, -0.2) is 0 Å². The first-order valence-corrected chi connectivity index (χ1v) is 6.86. The zero-order valence-corrected chi connectivity index (χ0v) is 10.4. The Balaban J connectivity index is 1.72. The predicted octanol–water partition coefficient (Wildman–Crippen LogP) is 2.31. The number of ether oxygens (including phenoxy) is 2. The molecule has 0 amide bonds. The van der Waals surface area contributed by atoms with Crippen molar-refractivity contribution < 1.29 is 9.47 Å². The minimum Gasteiger partial charge on any atom is -0.350 e. The molecule has 2 aliphatic heterocycles. The minimum atomic E-state index is 0.0840. The third-order valence-electron chi connectivity index (χ3n) is 3.79. The zero-order chi connectivity index (χ0) is 11.2. The lowest BCUT2D eigenvalue weighted by Crippen LogP contribution is -2.31. The Labute approximate surface area is 98.9 Å². The highest BCUT2D eigenvalue weighted by Gasteiger charge is 2.25. The van der Waals surface area contributed by atoms with Crippen LogP contribution in [0.4, 0.5) is 0 Å². The van der Waals surface area contributed by atoms with Crippen molar-refractivity contribution in [1.29, 1.82) is 0 Å². The van der Waals surface area contributed by atoms with E-state index in [2.05, 4.69) is 12.2 Å². The molecule has 2 aliphatic rings. The smallest absolute Gasteiger partial charge is 0.157 e. The van der Waals surface area contributed by atoms with Crippen LogP contribution >= 0.6 is 0 Å². The molecule has 0 radical (unpaired) electrons. The molecular formula is C13H25NO2. The van der Waals surface area contributed by atoms with Gasteiger partial charge in [0.05, 0.1) is 13.2 Å². The fraction of sp³-hybridized carbons (Fsp3) is 1.00. The highest BCUT2D eigenvalue weighted by Crippen LogP contribution is 2.25. The molecule has 3 heteroatoms. The van der Waals surface area contributed by atoms with E-state index in [1.54, 1.807) is 0 Å². The van der Waals surface area contributed by atoms with Crippen LogP contribution < -0.4 is 5.32 Å². The Morgan fingerprint density at radius 1 is 1.25 bits per heavy atom. The summed E-state index contributed by atoms with van der Waals surface area (Å²) >= 11 is 0. The van der Waals surface area contributed by atoms with Crippen LogP contribution in [0.5, 0.6) is 0 Å². The normalized spacial score (nSPS) is 28.7. The van der Waals surface area contributed by atoms with E-state index in [-0.39, 0.29) is 6.29 Å². The first-order valence-electron chi connectivity index (χ1n) is 6.86. The maximum absolute atomic E-state index is 5.50. The largest absolute Gasteiger partial charge is 0.350 e. The summed E-state index contributed by atoms with van der Waals surface area (Å²) in [4.78, 5) is 0. The summed E-state index contributed by atoms with van der Waals surface area (Å²) in [6, 6.07) is 0.751. The summed E-state index contributed by atoms with van der Waals surface area (Å²) in [6.07, 6.45) is 7.73. The number of hydrogen-bond acceptors (Lipinski definition) is 3. The fourth-order valence-corrected chi connectivity index (χ4v) is 2.96. The van der Waals surface area contributed by atoms with Crippen molar-refractivity contribution in [2.45, 2.75) is 57.8 Å². The quantitative estimate of drug-likeness (QED) is 0.755. The SMILES string of the molecule is CCC[C@H](CCC1OCCO1)[C@@H]1CCCN1. The Morgan fingerprint density at radius 3 is 2.69 bits per heavy atom. The van der Waals surface area contributed by atoms with Gasteiger partial charge in [-0.2, -0.15) is 0 Å². The molecular weight excluding hydrogens is 202 g/mol. The highest BCUT2D eigenvalue weighted by molar-refractivity contribution is 4.81. The topological polar surface area (TPSA) is 30.5 Å². The van der Waals surface area contributed by atoms with E-state index in [0.29, 0.717) is 0 Å². The Hall–Kier alpha value is -0.120. The van der Waals surface area contributed by atoms with Gasteiger partial charge in [-0.3, -0.25) is 0 Å². The molecule has 0 unspecified atom stereocenters. The van der Waals surface area contributed by atoms with Crippen LogP contribution in [0.3, 0.4) is 0 Å². The average Bonchev–Trinajstić information content (AvgIpc) is 2.96. The molecule has 2 fully saturated rings. The van der Waals surface area contributed by atoms with Gasteiger partial charge < -0.3 is 14.8 Å². The van der Waals surface area contributed by atoms with E-state index < -0.39 is 0 Å². The first-order chi connectivity index (χ1) is 7.90. The summed E-state index contributed by atoms with van der Waals surface area (Å²) < 4.78 is 11.0. The van der Waals surface area contributed by atoms with Crippen LogP contribution in [0.2, 0.25) is 0 Å². The van der Waals surface area contributed by atoms with Crippen LogP contribution in [-0.4, -0.2) is 32.1 Å². The first kappa shape index (κ1) is 12.3. The monoisotopic (exact) mass is 227 g/mol. The lowest BCUT2D eigenvalue weighted by molar-refractivity contribution is -0.0510. The summed E-state index contributed by atoms with van der Waals surface area (Å²) in [7, 11) is 0. The lowest BCUT2D eigenvalue weighted by atomic mass is 9.89. The van der Waals surface area contributed by atoms with Crippen LogP contribution in [0.15, 0.2) is 0 Å². The Bertz CT molecular complexity index is 186. The van der Waals surface area contributed by atoms with E-state index in [4.69, 9.17) is 9.47 Å². The van der Waals surface area contributed by atoms with E-state index >= 15 is 0 Å². The predicted molar refractivity (Wildman–Crippen MR) is 64.3 cm³/mol. The molecule has 16 heavy (non-hydrogen) atoms. The van der Waals surface area contributed by atoms with Gasteiger partial charge >= 0.3 is 0 Å². The second-order valence-corrected chi connectivity index (χ2v) is 5.00. The van der Waals surface area contributed by atoms with E-state index in [1.807, 2.05) is 0 Å². The third kappa shape index (κ3) is 3.44. The maximum Gasteiger partial charge on any atom is 0.157 e. The third-order valence-corrected chi connectivity index (χ3v) is 3.79. The number of rotatable bonds is 6. The van der Waals surface area contributed by atoms with Crippen molar-refractivity contribution in [3.8, 4) is 0 Å². The molecule has 0 bridgehead atoms. The van der Waals surface area contributed by atoms with Gasteiger partial charge in [0.15, 0.2) is 6.29 Å². The van der Waals surface area contributed by atoms with Gasteiger partial charge in [0.25, 0.3) is 0 Å². The summed E-state index contributed by atoms with van der Waals surface area (Å²) in [5.74, 6) is 0.820. The molecule has 3 nitrogen and oxygen atoms in total. The van der Waals surface area contributed by atoms with E-state index in [0.717, 1.165) is 31.6 Å². The van der Waals surface area contributed by atoms with Crippen molar-refractivity contribution in [3.05, 3.63) is 0 Å². The summed E-state index contributed by atoms with van der Waals surface area (Å²) in [6.45, 7) is 5.06. The molecule has 2 rings (SSSR count). The van der Waals surface area contributed by atoms with Gasteiger partial charge in [0.2, 0.25) is 0 Å². The number of hydrogen-bond donors (Lipinski definition) is 1. The second kappa shape index (κ2) is 6.58. The zero-order valence-electron chi connectivity index (χ0n) is 10.4. The fourth-order valence-electron chi connectivity index (χ4n) is 2.96. The Kier molecular flexibility index (Phi) is 5.07. The van der Waals surface area contributed by atoms with Crippen molar-refractivity contribution in [3.63, 3.8) is 0 Å². The average molecular weight is 227 g/mol. The lowest BCUT2D eigenvalue weighted by Gasteiger charge is -2.24. The molecule has 1 N–H and O–H groups in total. The van der Waals surface area contributed by atoms with Crippen molar-refractivity contribution in [1.82, 2.24) is 5.32 Å². The molecule has 0 aromatic rings. The van der Waals surface area contributed by atoms with E-state index in [9.17, 15) is 0 Å². The number of nitrogens with one attached hydrogen (secondary N) is 1. The molecule has 2 heterocycles. The standard InChI is InChI=1S/C13H25NO2/c1-2-4-11(12-5-3-8-14-12)6-7-13-15-9-10-16-13/h11-14H,2-10H2,1H3/t11-,12+/m1/s1. The molecule has 0 spiro atoms. The molecule has 0 saturated carbocycles. The summed E-state index contributed by atoms with van der Waals surface area (Å²) in [5.41, 5.74) is 0.